The van der Waals surface area contributed by atoms with Crippen molar-refractivity contribution in [3.63, 3.8) is 0 Å². The van der Waals surface area contributed by atoms with E-state index in [1.54, 1.807) is 6.92 Å². The van der Waals surface area contributed by atoms with Gasteiger partial charge in [-0.2, -0.15) is 0 Å². The highest BCUT2D eigenvalue weighted by atomic mass is 31.2. The van der Waals surface area contributed by atoms with Crippen molar-refractivity contribution in [2.24, 2.45) is 10.6 Å². The molecule has 1 amide bonds. The lowest BCUT2D eigenvalue weighted by Crippen LogP contribution is -2.46. The topological polar surface area (TPSA) is 127 Å². The van der Waals surface area contributed by atoms with E-state index in [4.69, 9.17) is 9.42 Å². The maximum atomic E-state index is 11.9. The first kappa shape index (κ1) is 21.0. The molecule has 0 aromatic heterocycles. The largest absolute Gasteiger partial charge is 0.471 e. The number of aliphatic hydroxyl groups is 1. The van der Waals surface area contributed by atoms with Crippen LogP contribution in [-0.2, 0) is 23.2 Å². The van der Waals surface area contributed by atoms with Crippen LogP contribution in [0.15, 0.2) is 5.16 Å². The van der Waals surface area contributed by atoms with E-state index < -0.39 is 25.2 Å². The van der Waals surface area contributed by atoms with Gasteiger partial charge in [0.1, 0.15) is 13.2 Å². The van der Waals surface area contributed by atoms with Gasteiger partial charge in [0, 0.05) is 25.5 Å². The summed E-state index contributed by atoms with van der Waals surface area (Å²) in [7, 11) is -1.70. The van der Waals surface area contributed by atoms with Gasteiger partial charge in [-0.1, -0.05) is 19.0 Å². The zero-order valence-corrected chi connectivity index (χ0v) is 14.4. The molecule has 0 saturated heterocycles. The molecule has 9 nitrogen and oxygen atoms in total. The molecule has 0 heterocycles. The number of phosphoric ester groups is 1. The molecule has 0 aromatic carbocycles. The lowest BCUT2D eigenvalue weighted by atomic mass is 9.87. The van der Waals surface area contributed by atoms with Gasteiger partial charge in [0.05, 0.1) is 12.3 Å². The second kappa shape index (κ2) is 9.22. The van der Waals surface area contributed by atoms with Crippen LogP contribution in [0.3, 0.4) is 0 Å². The van der Waals surface area contributed by atoms with E-state index in [0.29, 0.717) is 12.1 Å². The van der Waals surface area contributed by atoms with E-state index in [0.717, 1.165) is 7.11 Å². The summed E-state index contributed by atoms with van der Waals surface area (Å²) >= 11 is 0. The van der Waals surface area contributed by atoms with Crippen LogP contribution in [0.4, 0.5) is 0 Å². The molecule has 0 saturated carbocycles. The zero-order chi connectivity index (χ0) is 17.4. The summed E-state index contributed by atoms with van der Waals surface area (Å²) in [6, 6.07) is 0. The maximum absolute atomic E-state index is 11.9. The Morgan fingerprint density at radius 1 is 1.41 bits per heavy atom. The third kappa shape index (κ3) is 7.86. The number of nitrogens with one attached hydrogen (secondary N) is 1. The molecule has 1 unspecified atom stereocenters. The van der Waals surface area contributed by atoms with Crippen molar-refractivity contribution in [2.75, 3.05) is 27.4 Å². The van der Waals surface area contributed by atoms with Crippen molar-refractivity contribution in [1.29, 1.82) is 0 Å². The molecule has 0 aliphatic rings. The minimum absolute atomic E-state index is 0.280. The van der Waals surface area contributed by atoms with Crippen molar-refractivity contribution < 1.29 is 33.2 Å². The standard InChI is InChI=1S/C12H25N2O7P/c1-9(14-19-4)6-7-13-11(16)10(15)12(2,3)8-21-22(17,18)20-5/h10,15H,6-8H2,1-5H3,(H,13,16)(H,17,18)/b14-9+/t10-/m1/s1. The minimum Gasteiger partial charge on any atom is -0.399 e. The van der Waals surface area contributed by atoms with Crippen molar-refractivity contribution >= 4 is 19.4 Å². The Kier molecular flexibility index (Phi) is 8.80. The summed E-state index contributed by atoms with van der Waals surface area (Å²) in [5, 5.41) is 16.3. The third-order valence-corrected chi connectivity index (χ3v) is 3.77. The van der Waals surface area contributed by atoms with Gasteiger partial charge < -0.3 is 20.2 Å². The number of aliphatic hydroxyl groups excluding tert-OH is 1. The Morgan fingerprint density at radius 3 is 2.50 bits per heavy atom. The molecule has 0 radical (unpaired) electrons. The summed E-state index contributed by atoms with van der Waals surface area (Å²) in [5.41, 5.74) is -0.377. The van der Waals surface area contributed by atoms with Crippen LogP contribution >= 0.6 is 7.82 Å². The fraction of sp³-hybridized carbons (Fsp3) is 0.833. The first-order valence-electron chi connectivity index (χ1n) is 6.61. The van der Waals surface area contributed by atoms with Gasteiger partial charge in [-0.05, 0) is 6.92 Å². The smallest absolute Gasteiger partial charge is 0.399 e. The fourth-order valence-corrected chi connectivity index (χ4v) is 2.00. The molecular weight excluding hydrogens is 315 g/mol. The van der Waals surface area contributed by atoms with Gasteiger partial charge in [-0.25, -0.2) is 4.57 Å². The van der Waals surface area contributed by atoms with Gasteiger partial charge in [-0.3, -0.25) is 13.8 Å². The molecule has 0 rings (SSSR count). The van der Waals surface area contributed by atoms with Crippen LogP contribution in [-0.4, -0.2) is 55.1 Å². The number of phosphoric acid groups is 1. The molecule has 0 bridgehead atoms. The Labute approximate surface area is 130 Å². The second-order valence-corrected chi connectivity index (χ2v) is 6.93. The van der Waals surface area contributed by atoms with Gasteiger partial charge in [0.2, 0.25) is 5.91 Å². The number of nitrogens with zero attached hydrogens (tertiary/aromatic N) is 1. The van der Waals surface area contributed by atoms with Gasteiger partial charge in [-0.15, -0.1) is 0 Å². The molecule has 2 atom stereocenters. The molecule has 3 N–H and O–H groups in total. The highest BCUT2D eigenvalue weighted by Crippen LogP contribution is 2.43. The van der Waals surface area contributed by atoms with Gasteiger partial charge in [0.25, 0.3) is 0 Å². The Morgan fingerprint density at radius 2 is 2.00 bits per heavy atom. The van der Waals surface area contributed by atoms with Crippen molar-refractivity contribution in [3.05, 3.63) is 0 Å². The number of carbonyl (C=O) groups is 1. The predicted molar refractivity (Wildman–Crippen MR) is 80.3 cm³/mol. The molecule has 22 heavy (non-hydrogen) atoms. The first-order valence-corrected chi connectivity index (χ1v) is 8.10. The van der Waals surface area contributed by atoms with Crippen molar-refractivity contribution in [2.45, 2.75) is 33.3 Å². The van der Waals surface area contributed by atoms with E-state index >= 15 is 0 Å². The van der Waals surface area contributed by atoms with Crippen LogP contribution in [0.5, 0.6) is 0 Å². The van der Waals surface area contributed by atoms with Crippen LogP contribution < -0.4 is 5.32 Å². The molecule has 0 aliphatic carbocycles. The molecule has 0 aliphatic heterocycles. The highest BCUT2D eigenvalue weighted by molar-refractivity contribution is 7.47. The number of carbonyl (C=O) groups excluding carboxylic acids is 1. The van der Waals surface area contributed by atoms with Gasteiger partial charge >= 0.3 is 7.82 Å². The molecule has 0 aromatic rings. The van der Waals surface area contributed by atoms with Crippen LogP contribution in [0.25, 0.3) is 0 Å². The zero-order valence-electron chi connectivity index (χ0n) is 13.5. The highest BCUT2D eigenvalue weighted by Gasteiger charge is 2.36. The molecule has 130 valence electrons. The summed E-state index contributed by atoms with van der Waals surface area (Å²) in [6.45, 7) is 4.76. The number of amides is 1. The third-order valence-electron chi connectivity index (χ3n) is 2.85. The molecule has 0 spiro atoms. The fourth-order valence-electron chi connectivity index (χ4n) is 1.40. The number of hydrogen-bond acceptors (Lipinski definition) is 7. The Balaban J connectivity index is 4.41. The average Bonchev–Trinajstić information content (AvgIpc) is 2.44. The SMILES string of the molecule is CO/N=C(\C)CCNC(=O)[C@@H](O)C(C)(C)COP(=O)(O)OC. The second-order valence-electron chi connectivity index (χ2n) is 5.37. The number of oxime groups is 1. The quantitative estimate of drug-likeness (QED) is 0.303. The first-order chi connectivity index (χ1) is 10.1. The van der Waals surface area contributed by atoms with E-state index in [9.17, 15) is 14.5 Å². The van der Waals surface area contributed by atoms with E-state index in [1.807, 2.05) is 0 Å². The molecular formula is C12H25N2O7P. The van der Waals surface area contributed by atoms with Crippen molar-refractivity contribution in [1.82, 2.24) is 5.32 Å². The Bertz CT molecular complexity index is 439. The van der Waals surface area contributed by atoms with E-state index in [-0.39, 0.29) is 13.2 Å². The number of rotatable bonds is 10. The lowest BCUT2D eigenvalue weighted by Gasteiger charge is -2.29. The van der Waals surface area contributed by atoms with E-state index in [1.165, 1.54) is 21.0 Å². The van der Waals surface area contributed by atoms with Crippen LogP contribution in [0, 0.1) is 5.41 Å². The summed E-state index contributed by atoms with van der Waals surface area (Å²) in [6.07, 6.45) is -0.942. The average molecular weight is 340 g/mol. The monoisotopic (exact) mass is 340 g/mol. The summed E-state index contributed by atoms with van der Waals surface area (Å²) in [4.78, 5) is 25.6. The van der Waals surface area contributed by atoms with Crippen molar-refractivity contribution in [3.8, 4) is 0 Å². The van der Waals surface area contributed by atoms with Gasteiger partial charge in [0.15, 0.2) is 0 Å². The lowest BCUT2D eigenvalue weighted by molar-refractivity contribution is -0.136. The summed E-state index contributed by atoms with van der Waals surface area (Å²) in [5.74, 6) is -0.607. The Hall–Kier alpha value is -0.990. The van der Waals surface area contributed by atoms with Crippen LogP contribution in [0.2, 0.25) is 0 Å². The summed E-state index contributed by atoms with van der Waals surface area (Å²) < 4.78 is 20.2. The van der Waals surface area contributed by atoms with E-state index in [2.05, 4.69) is 19.8 Å². The normalized spacial score (nSPS) is 16.8. The minimum atomic E-state index is -4.15. The molecule has 0 fully saturated rings. The predicted octanol–water partition coefficient (Wildman–Crippen LogP) is 0.665. The van der Waals surface area contributed by atoms with Crippen LogP contribution in [0.1, 0.15) is 27.2 Å². The molecule has 10 heteroatoms. The number of hydrogen-bond donors (Lipinski definition) is 3. The maximum Gasteiger partial charge on any atom is 0.471 e.